The molecule has 0 radical (unpaired) electrons. The number of hydrogen-bond acceptors (Lipinski definition) is 3. The van der Waals surface area contributed by atoms with Gasteiger partial charge in [-0.3, -0.25) is 20.0 Å². The van der Waals surface area contributed by atoms with E-state index in [2.05, 4.69) is 21.4 Å². The first-order chi connectivity index (χ1) is 10.5. The van der Waals surface area contributed by atoms with Crippen LogP contribution in [0.3, 0.4) is 0 Å². The second-order valence-electron chi connectivity index (χ2n) is 5.10. The number of anilines is 1. The van der Waals surface area contributed by atoms with Crippen molar-refractivity contribution < 1.29 is 9.18 Å². The Hall–Kier alpha value is -2.15. The summed E-state index contributed by atoms with van der Waals surface area (Å²) in [6.07, 6.45) is 2.06. The number of amides is 1. The van der Waals surface area contributed by atoms with E-state index < -0.39 is 5.82 Å². The van der Waals surface area contributed by atoms with E-state index in [0.717, 1.165) is 5.56 Å². The number of benzene rings is 1. The third kappa shape index (κ3) is 2.64. The average molecular weight is 366 g/mol. The van der Waals surface area contributed by atoms with E-state index in [9.17, 15) is 14.0 Å². The molecule has 0 saturated carbocycles. The summed E-state index contributed by atoms with van der Waals surface area (Å²) in [5.74, 6) is -0.729. The number of halogens is 2. The Bertz CT molecular complexity index is 819. The van der Waals surface area contributed by atoms with Gasteiger partial charge in [-0.25, -0.2) is 4.39 Å². The van der Waals surface area contributed by atoms with Gasteiger partial charge < -0.3 is 4.57 Å². The summed E-state index contributed by atoms with van der Waals surface area (Å²) < 4.78 is 15.9. The van der Waals surface area contributed by atoms with Crippen molar-refractivity contribution in [1.29, 1.82) is 0 Å². The molecule has 1 aromatic carbocycles. The van der Waals surface area contributed by atoms with Crippen LogP contribution in [0.4, 0.5) is 10.1 Å². The van der Waals surface area contributed by atoms with Gasteiger partial charge in [0.05, 0.1) is 11.3 Å². The minimum Gasteiger partial charge on any atom is -0.318 e. The first-order valence-electron chi connectivity index (χ1n) is 6.69. The fourth-order valence-electron chi connectivity index (χ4n) is 2.38. The van der Waals surface area contributed by atoms with E-state index in [1.54, 1.807) is 19.2 Å². The van der Waals surface area contributed by atoms with E-state index in [-0.39, 0.29) is 17.2 Å². The summed E-state index contributed by atoms with van der Waals surface area (Å²) in [4.78, 5) is 24.1. The van der Waals surface area contributed by atoms with E-state index >= 15 is 0 Å². The highest BCUT2D eigenvalue weighted by atomic mass is 79.9. The molecule has 0 bridgehead atoms. The fourth-order valence-corrected chi connectivity index (χ4v) is 2.71. The molecule has 0 fully saturated rings. The smallest absolute Gasteiger partial charge is 0.273 e. The van der Waals surface area contributed by atoms with Crippen molar-refractivity contribution in [3.8, 4) is 0 Å². The number of nitrogens with zero attached hydrogens (tertiary/aromatic N) is 2. The minimum atomic E-state index is -0.451. The first kappa shape index (κ1) is 14.8. The van der Waals surface area contributed by atoms with Gasteiger partial charge in [0.25, 0.3) is 11.5 Å². The zero-order valence-electron chi connectivity index (χ0n) is 11.8. The molecule has 22 heavy (non-hydrogen) atoms. The van der Waals surface area contributed by atoms with Crippen LogP contribution in [0.15, 0.2) is 39.7 Å². The number of carbonyl (C=O) groups excluding carboxylic acids is 1. The molecule has 0 atom stereocenters. The molecule has 2 heterocycles. The van der Waals surface area contributed by atoms with Crippen molar-refractivity contribution in [2.75, 3.05) is 12.0 Å². The van der Waals surface area contributed by atoms with Crippen LogP contribution in [0.1, 0.15) is 15.9 Å². The molecular weight excluding hydrogens is 353 g/mol. The maximum Gasteiger partial charge on any atom is 0.273 e. The lowest BCUT2D eigenvalue weighted by Gasteiger charge is -2.29. The van der Waals surface area contributed by atoms with Crippen molar-refractivity contribution in [2.45, 2.75) is 6.42 Å². The standard InChI is InChI=1S/C15H13BrFN3O2/c1-19-8-11-9(6-14(19)21)4-5-20(15(11)22)18-13-3-2-10(16)7-12(13)17/h2-3,6-8,18H,4-5H2,1H3. The Balaban J connectivity index is 1.89. The molecule has 0 aliphatic carbocycles. The van der Waals surface area contributed by atoms with Crippen LogP contribution >= 0.6 is 15.9 Å². The molecule has 0 unspecified atom stereocenters. The summed E-state index contributed by atoms with van der Waals surface area (Å²) >= 11 is 3.19. The molecular formula is C15H13BrFN3O2. The van der Waals surface area contributed by atoms with E-state index in [1.807, 2.05) is 0 Å². The second kappa shape index (κ2) is 5.57. The van der Waals surface area contributed by atoms with Crippen LogP contribution < -0.4 is 11.0 Å². The van der Waals surface area contributed by atoms with Gasteiger partial charge in [-0.2, -0.15) is 0 Å². The Kier molecular flexibility index (Phi) is 3.74. The zero-order valence-corrected chi connectivity index (χ0v) is 13.4. The lowest BCUT2D eigenvalue weighted by molar-refractivity contribution is 0.0777. The quantitative estimate of drug-likeness (QED) is 0.888. The molecule has 7 heteroatoms. The Labute approximate surface area is 134 Å². The molecule has 1 aliphatic rings. The average Bonchev–Trinajstić information content (AvgIpc) is 2.47. The SMILES string of the molecule is Cn1cc2c(cc1=O)CCN(Nc1ccc(Br)cc1F)C2=O. The van der Waals surface area contributed by atoms with Crippen LogP contribution in [-0.4, -0.2) is 22.0 Å². The predicted molar refractivity (Wildman–Crippen MR) is 84.1 cm³/mol. The molecule has 114 valence electrons. The van der Waals surface area contributed by atoms with Crippen LogP contribution in [0.2, 0.25) is 0 Å². The van der Waals surface area contributed by atoms with Gasteiger partial charge in [-0.1, -0.05) is 15.9 Å². The van der Waals surface area contributed by atoms with Crippen molar-refractivity contribution in [3.63, 3.8) is 0 Å². The summed E-state index contributed by atoms with van der Waals surface area (Å²) in [5.41, 5.74) is 4.06. The van der Waals surface area contributed by atoms with Crippen LogP contribution in [0.25, 0.3) is 0 Å². The van der Waals surface area contributed by atoms with E-state index in [0.29, 0.717) is 23.0 Å². The zero-order chi connectivity index (χ0) is 15.9. The largest absolute Gasteiger partial charge is 0.318 e. The van der Waals surface area contributed by atoms with Crippen LogP contribution in [-0.2, 0) is 13.5 Å². The van der Waals surface area contributed by atoms with Gasteiger partial charge in [0.1, 0.15) is 5.82 Å². The normalized spacial score (nSPS) is 14.0. The highest BCUT2D eigenvalue weighted by molar-refractivity contribution is 9.10. The number of hydrazine groups is 1. The molecule has 2 aromatic rings. The van der Waals surface area contributed by atoms with Crippen molar-refractivity contribution in [2.24, 2.45) is 7.05 Å². The Morgan fingerprint density at radius 1 is 1.27 bits per heavy atom. The number of fused-ring (bicyclic) bond motifs is 1. The van der Waals surface area contributed by atoms with Gasteiger partial charge in [0, 0.05) is 30.3 Å². The highest BCUT2D eigenvalue weighted by Crippen LogP contribution is 2.22. The van der Waals surface area contributed by atoms with Gasteiger partial charge in [0.2, 0.25) is 0 Å². The molecule has 5 nitrogen and oxygen atoms in total. The monoisotopic (exact) mass is 365 g/mol. The van der Waals surface area contributed by atoms with Gasteiger partial charge in [-0.05, 0) is 30.2 Å². The topological polar surface area (TPSA) is 54.3 Å². The maximum atomic E-state index is 13.9. The van der Waals surface area contributed by atoms with Gasteiger partial charge >= 0.3 is 0 Å². The summed E-state index contributed by atoms with van der Waals surface area (Å²) in [5, 5.41) is 1.36. The fraction of sp³-hybridized carbons (Fsp3) is 0.200. The van der Waals surface area contributed by atoms with Gasteiger partial charge in [-0.15, -0.1) is 0 Å². The van der Waals surface area contributed by atoms with Crippen LogP contribution in [0, 0.1) is 5.82 Å². The highest BCUT2D eigenvalue weighted by Gasteiger charge is 2.26. The molecule has 1 amide bonds. The van der Waals surface area contributed by atoms with E-state index in [4.69, 9.17) is 0 Å². The summed E-state index contributed by atoms with van der Waals surface area (Å²) in [7, 11) is 1.59. The number of rotatable bonds is 2. The number of aryl methyl sites for hydroxylation is 1. The molecule has 1 N–H and O–H groups in total. The summed E-state index contributed by atoms with van der Waals surface area (Å²) in [6, 6.07) is 6.06. The molecule has 3 rings (SSSR count). The minimum absolute atomic E-state index is 0.146. The molecule has 0 spiro atoms. The maximum absolute atomic E-state index is 13.9. The molecule has 1 aromatic heterocycles. The van der Waals surface area contributed by atoms with Crippen molar-refractivity contribution in [3.05, 3.63) is 62.2 Å². The number of aromatic nitrogens is 1. The lowest BCUT2D eigenvalue weighted by Crippen LogP contribution is -2.42. The Morgan fingerprint density at radius 2 is 2.05 bits per heavy atom. The van der Waals surface area contributed by atoms with Crippen LogP contribution in [0.5, 0.6) is 0 Å². The number of nitrogens with one attached hydrogen (secondary N) is 1. The van der Waals surface area contributed by atoms with Gasteiger partial charge in [0.15, 0.2) is 0 Å². The molecule has 0 saturated heterocycles. The Morgan fingerprint density at radius 3 is 2.77 bits per heavy atom. The number of carbonyl (C=O) groups is 1. The predicted octanol–water partition coefficient (Wildman–Crippen LogP) is 2.31. The van der Waals surface area contributed by atoms with Crippen molar-refractivity contribution >= 4 is 27.5 Å². The second-order valence-corrected chi connectivity index (χ2v) is 6.02. The third-order valence-corrected chi connectivity index (χ3v) is 4.07. The summed E-state index contributed by atoms with van der Waals surface area (Å²) in [6.45, 7) is 0.370. The first-order valence-corrected chi connectivity index (χ1v) is 7.48. The lowest BCUT2D eigenvalue weighted by atomic mass is 10.0. The molecule has 1 aliphatic heterocycles. The van der Waals surface area contributed by atoms with E-state index in [1.165, 1.54) is 27.9 Å². The third-order valence-electron chi connectivity index (χ3n) is 3.58. The van der Waals surface area contributed by atoms with Crippen molar-refractivity contribution in [1.82, 2.24) is 9.58 Å². The number of hydrogen-bond donors (Lipinski definition) is 1. The number of pyridine rings is 1.